The van der Waals surface area contributed by atoms with Crippen LogP contribution in [0.25, 0.3) is 0 Å². The van der Waals surface area contributed by atoms with Crippen LogP contribution in [0.15, 0.2) is 77.7 Å². The van der Waals surface area contributed by atoms with Crippen molar-refractivity contribution in [3.8, 4) is 5.75 Å². The number of carbonyl (C=O) groups excluding carboxylic acids is 1. The van der Waals surface area contributed by atoms with Crippen LogP contribution >= 0.6 is 0 Å². The van der Waals surface area contributed by atoms with Gasteiger partial charge in [-0.25, -0.2) is 8.42 Å². The van der Waals surface area contributed by atoms with Crippen molar-refractivity contribution < 1.29 is 17.9 Å². The Labute approximate surface area is 171 Å². The molecule has 0 aliphatic rings. The van der Waals surface area contributed by atoms with E-state index >= 15 is 0 Å². The van der Waals surface area contributed by atoms with Gasteiger partial charge in [-0.15, -0.1) is 0 Å². The number of sulfone groups is 1. The molecule has 0 aliphatic heterocycles. The average molecular weight is 410 g/mol. The lowest BCUT2D eigenvalue weighted by Crippen LogP contribution is -2.25. The molecule has 150 valence electrons. The van der Waals surface area contributed by atoms with Crippen LogP contribution in [-0.2, 0) is 14.6 Å². The second kappa shape index (κ2) is 8.49. The Balaban J connectivity index is 1.88. The number of ether oxygens (including phenoxy) is 1. The van der Waals surface area contributed by atoms with E-state index in [1.54, 1.807) is 12.1 Å². The predicted octanol–water partition coefficient (Wildman–Crippen LogP) is 4.47. The Morgan fingerprint density at radius 2 is 1.48 bits per heavy atom. The highest BCUT2D eigenvalue weighted by molar-refractivity contribution is 7.90. The number of rotatable bonds is 6. The monoisotopic (exact) mass is 409 g/mol. The summed E-state index contributed by atoms with van der Waals surface area (Å²) in [7, 11) is -3.30. The second-order valence-corrected chi connectivity index (χ2v) is 9.03. The first-order valence-electron chi connectivity index (χ1n) is 9.13. The van der Waals surface area contributed by atoms with Crippen LogP contribution in [0, 0.1) is 13.8 Å². The standard InChI is InChI=1S/C23H23NO4S/c1-16-13-17(2)15-19(14-16)24-23(25)22(18-7-5-4-6-8-18)28-20-9-11-21(12-10-20)29(3,26)27/h4-15,22H,1-3H3,(H,24,25). The highest BCUT2D eigenvalue weighted by Gasteiger charge is 2.23. The van der Waals surface area contributed by atoms with Gasteiger partial charge in [0.1, 0.15) is 5.75 Å². The second-order valence-electron chi connectivity index (χ2n) is 7.02. The van der Waals surface area contributed by atoms with Crippen molar-refractivity contribution in [1.82, 2.24) is 0 Å². The quantitative estimate of drug-likeness (QED) is 0.652. The summed E-state index contributed by atoms with van der Waals surface area (Å²) in [5.74, 6) is 0.0928. The minimum atomic E-state index is -3.30. The first kappa shape index (κ1) is 20.6. The maximum atomic E-state index is 13.0. The molecule has 1 N–H and O–H groups in total. The van der Waals surface area contributed by atoms with Crippen LogP contribution in [0.4, 0.5) is 5.69 Å². The molecule has 3 aromatic carbocycles. The van der Waals surface area contributed by atoms with Gasteiger partial charge in [0.05, 0.1) is 4.90 Å². The summed E-state index contributed by atoms with van der Waals surface area (Å²) in [6, 6.07) is 21.0. The molecule has 0 aromatic heterocycles. The minimum Gasteiger partial charge on any atom is -0.476 e. The highest BCUT2D eigenvalue weighted by atomic mass is 32.2. The molecule has 0 radical (unpaired) electrons. The summed E-state index contributed by atoms with van der Waals surface area (Å²) >= 11 is 0. The lowest BCUT2D eigenvalue weighted by molar-refractivity contribution is -0.123. The van der Waals surface area contributed by atoms with Gasteiger partial charge in [-0.3, -0.25) is 4.79 Å². The van der Waals surface area contributed by atoms with Crippen LogP contribution < -0.4 is 10.1 Å². The molecule has 1 unspecified atom stereocenters. The number of amides is 1. The fraction of sp³-hybridized carbons (Fsp3) is 0.174. The number of nitrogens with one attached hydrogen (secondary N) is 1. The summed E-state index contributed by atoms with van der Waals surface area (Å²) in [4.78, 5) is 13.2. The average Bonchev–Trinajstić information content (AvgIpc) is 2.65. The molecular weight excluding hydrogens is 386 g/mol. The fourth-order valence-corrected chi connectivity index (χ4v) is 3.69. The number of anilines is 1. The van der Waals surface area contributed by atoms with Crippen LogP contribution in [0.5, 0.6) is 5.75 Å². The summed E-state index contributed by atoms with van der Waals surface area (Å²) < 4.78 is 29.3. The molecule has 5 nitrogen and oxygen atoms in total. The number of carbonyl (C=O) groups is 1. The van der Waals surface area contributed by atoms with Crippen molar-refractivity contribution in [2.45, 2.75) is 24.8 Å². The van der Waals surface area contributed by atoms with Crippen molar-refractivity contribution in [3.05, 3.63) is 89.5 Å². The van der Waals surface area contributed by atoms with E-state index < -0.39 is 15.9 Å². The van der Waals surface area contributed by atoms with Gasteiger partial charge in [0, 0.05) is 17.5 Å². The van der Waals surface area contributed by atoms with Gasteiger partial charge in [-0.05, 0) is 61.4 Å². The fourth-order valence-electron chi connectivity index (χ4n) is 3.06. The third-order valence-electron chi connectivity index (χ3n) is 4.34. The zero-order valence-corrected chi connectivity index (χ0v) is 17.4. The highest BCUT2D eigenvalue weighted by Crippen LogP contribution is 2.25. The lowest BCUT2D eigenvalue weighted by atomic mass is 10.1. The maximum absolute atomic E-state index is 13.0. The minimum absolute atomic E-state index is 0.195. The molecule has 1 atom stereocenters. The Kier molecular flexibility index (Phi) is 6.03. The number of benzene rings is 3. The van der Waals surface area contributed by atoms with Crippen LogP contribution in [0.2, 0.25) is 0 Å². The van der Waals surface area contributed by atoms with Gasteiger partial charge in [-0.1, -0.05) is 36.4 Å². The SMILES string of the molecule is Cc1cc(C)cc(NC(=O)C(Oc2ccc(S(C)(=O)=O)cc2)c2ccccc2)c1. The van der Waals surface area contributed by atoms with E-state index in [2.05, 4.69) is 5.32 Å². The third-order valence-corrected chi connectivity index (χ3v) is 5.46. The van der Waals surface area contributed by atoms with E-state index in [1.165, 1.54) is 12.1 Å². The molecular formula is C23H23NO4S. The maximum Gasteiger partial charge on any atom is 0.270 e. The Bertz CT molecular complexity index is 1090. The van der Waals surface area contributed by atoms with Gasteiger partial charge in [0.25, 0.3) is 5.91 Å². The van der Waals surface area contributed by atoms with E-state index in [1.807, 2.05) is 62.4 Å². The molecule has 0 saturated heterocycles. The molecule has 0 aliphatic carbocycles. The Morgan fingerprint density at radius 3 is 2.03 bits per heavy atom. The van der Waals surface area contributed by atoms with Gasteiger partial charge >= 0.3 is 0 Å². The molecule has 0 heterocycles. The molecule has 3 aromatic rings. The van der Waals surface area contributed by atoms with E-state index in [0.29, 0.717) is 17.0 Å². The van der Waals surface area contributed by atoms with E-state index in [0.717, 1.165) is 17.4 Å². The zero-order chi connectivity index (χ0) is 21.0. The summed E-state index contributed by atoms with van der Waals surface area (Å²) in [5.41, 5.74) is 3.49. The van der Waals surface area contributed by atoms with Crippen molar-refractivity contribution in [2.75, 3.05) is 11.6 Å². The first-order valence-corrected chi connectivity index (χ1v) is 11.0. The van der Waals surface area contributed by atoms with E-state index in [-0.39, 0.29) is 10.8 Å². The Hall–Kier alpha value is -3.12. The largest absolute Gasteiger partial charge is 0.476 e. The van der Waals surface area contributed by atoms with Gasteiger partial charge in [0.15, 0.2) is 9.84 Å². The molecule has 0 bridgehead atoms. The van der Waals surface area contributed by atoms with Gasteiger partial charge in [0.2, 0.25) is 6.10 Å². The summed E-state index contributed by atoms with van der Waals surface area (Å²) in [6.07, 6.45) is 0.258. The zero-order valence-electron chi connectivity index (χ0n) is 16.5. The normalized spacial score (nSPS) is 12.2. The third kappa shape index (κ3) is 5.45. The van der Waals surface area contributed by atoms with E-state index in [4.69, 9.17) is 4.74 Å². The molecule has 0 fully saturated rings. The number of hydrogen-bond acceptors (Lipinski definition) is 4. The summed E-state index contributed by atoms with van der Waals surface area (Å²) in [6.45, 7) is 3.94. The smallest absolute Gasteiger partial charge is 0.270 e. The van der Waals surface area contributed by atoms with Gasteiger partial charge < -0.3 is 10.1 Å². The van der Waals surface area contributed by atoms with Gasteiger partial charge in [-0.2, -0.15) is 0 Å². The van der Waals surface area contributed by atoms with Crippen molar-refractivity contribution in [2.24, 2.45) is 0 Å². The molecule has 0 spiro atoms. The number of aryl methyl sites for hydroxylation is 2. The lowest BCUT2D eigenvalue weighted by Gasteiger charge is -2.20. The van der Waals surface area contributed by atoms with Crippen molar-refractivity contribution in [3.63, 3.8) is 0 Å². The van der Waals surface area contributed by atoms with Crippen molar-refractivity contribution >= 4 is 21.4 Å². The van der Waals surface area contributed by atoms with Crippen LogP contribution in [0.1, 0.15) is 22.8 Å². The van der Waals surface area contributed by atoms with E-state index in [9.17, 15) is 13.2 Å². The molecule has 0 saturated carbocycles. The molecule has 1 amide bonds. The number of hydrogen-bond donors (Lipinski definition) is 1. The predicted molar refractivity (Wildman–Crippen MR) is 114 cm³/mol. The molecule has 29 heavy (non-hydrogen) atoms. The topological polar surface area (TPSA) is 72.5 Å². The van der Waals surface area contributed by atoms with Crippen LogP contribution in [-0.4, -0.2) is 20.6 Å². The first-order chi connectivity index (χ1) is 13.7. The van der Waals surface area contributed by atoms with Crippen LogP contribution in [0.3, 0.4) is 0 Å². The summed E-state index contributed by atoms with van der Waals surface area (Å²) in [5, 5.41) is 2.92. The molecule has 3 rings (SSSR count). The Morgan fingerprint density at radius 1 is 0.897 bits per heavy atom. The van der Waals surface area contributed by atoms with Crippen molar-refractivity contribution in [1.29, 1.82) is 0 Å². The molecule has 6 heteroatoms.